The van der Waals surface area contributed by atoms with Gasteiger partial charge in [0.2, 0.25) is 16.0 Å². The maximum Gasteiger partial charge on any atom is 0.449 e. The molecule has 0 saturated carbocycles. The average molecular weight is 281 g/mol. The second-order valence-electron chi connectivity index (χ2n) is 2.97. The molecule has 0 amide bonds. The van der Waals surface area contributed by atoms with E-state index < -0.39 is 11.9 Å². The molecule has 2 heterocycles. The Morgan fingerprint density at radius 1 is 1.41 bits per heavy atom. The van der Waals surface area contributed by atoms with Gasteiger partial charge in [-0.1, -0.05) is 11.8 Å². The van der Waals surface area contributed by atoms with Gasteiger partial charge in [-0.25, -0.2) is 0 Å². The Balaban J connectivity index is 1.98. The molecular weight excluding hydrogens is 275 g/mol. The lowest BCUT2D eigenvalue weighted by Gasteiger charge is -2.00. The molecule has 2 aromatic rings. The number of nitrogens with two attached hydrogens (primary N) is 1. The van der Waals surface area contributed by atoms with Crippen LogP contribution in [0, 0.1) is 0 Å². The lowest BCUT2D eigenvalue weighted by atomic mass is 10.4. The fourth-order valence-corrected chi connectivity index (χ4v) is 2.33. The highest BCUT2D eigenvalue weighted by Crippen LogP contribution is 2.32. The van der Waals surface area contributed by atoms with Crippen LogP contribution in [0.3, 0.4) is 0 Å². The summed E-state index contributed by atoms with van der Waals surface area (Å²) in [4.78, 5) is 3.87. The van der Waals surface area contributed by atoms with E-state index in [1.807, 2.05) is 0 Å². The maximum absolute atomic E-state index is 12.2. The number of rotatable bonds is 3. The van der Waals surface area contributed by atoms with Gasteiger partial charge in [-0.15, -0.1) is 0 Å². The SMILES string of the molecule is Nc1nc(SCc2ccc(C(F)(F)F)o2)ns1. The Hall–Kier alpha value is -1.22. The van der Waals surface area contributed by atoms with Gasteiger partial charge in [0.25, 0.3) is 0 Å². The lowest BCUT2D eigenvalue weighted by Crippen LogP contribution is -2.02. The molecular formula is C8H6F3N3OS2. The molecule has 0 aliphatic rings. The summed E-state index contributed by atoms with van der Waals surface area (Å²) in [6, 6.07) is 2.18. The maximum atomic E-state index is 12.2. The third kappa shape index (κ3) is 3.13. The highest BCUT2D eigenvalue weighted by molar-refractivity contribution is 7.98. The Bertz CT molecular complexity index is 508. The van der Waals surface area contributed by atoms with Crippen LogP contribution in [0.1, 0.15) is 11.5 Å². The predicted molar refractivity (Wildman–Crippen MR) is 57.6 cm³/mol. The van der Waals surface area contributed by atoms with E-state index in [1.165, 1.54) is 17.8 Å². The van der Waals surface area contributed by atoms with E-state index in [-0.39, 0.29) is 11.5 Å². The highest BCUT2D eigenvalue weighted by atomic mass is 32.2. The van der Waals surface area contributed by atoms with Gasteiger partial charge in [0.05, 0.1) is 5.75 Å². The first-order chi connectivity index (χ1) is 7.95. The van der Waals surface area contributed by atoms with Gasteiger partial charge >= 0.3 is 6.18 Å². The van der Waals surface area contributed by atoms with Gasteiger partial charge in [-0.3, -0.25) is 0 Å². The minimum absolute atomic E-state index is 0.218. The molecule has 0 spiro atoms. The first-order valence-corrected chi connectivity index (χ1v) is 6.09. The van der Waals surface area contributed by atoms with E-state index in [2.05, 4.69) is 13.8 Å². The van der Waals surface area contributed by atoms with E-state index in [0.29, 0.717) is 10.3 Å². The van der Waals surface area contributed by atoms with E-state index in [0.717, 1.165) is 17.6 Å². The summed E-state index contributed by atoms with van der Waals surface area (Å²) in [5, 5.41) is 0.750. The Labute approximate surface area is 102 Å². The minimum Gasteiger partial charge on any atom is -0.456 e. The van der Waals surface area contributed by atoms with Crippen molar-refractivity contribution in [3.8, 4) is 0 Å². The largest absolute Gasteiger partial charge is 0.456 e. The zero-order valence-electron chi connectivity index (χ0n) is 8.19. The predicted octanol–water partition coefficient (Wildman–Crippen LogP) is 3.02. The van der Waals surface area contributed by atoms with Crippen LogP contribution in [-0.2, 0) is 11.9 Å². The van der Waals surface area contributed by atoms with E-state index >= 15 is 0 Å². The average Bonchev–Trinajstić information content (AvgIpc) is 2.82. The number of hydrogen-bond acceptors (Lipinski definition) is 6. The van der Waals surface area contributed by atoms with Crippen molar-refractivity contribution < 1.29 is 17.6 Å². The molecule has 17 heavy (non-hydrogen) atoms. The number of aromatic nitrogens is 2. The van der Waals surface area contributed by atoms with Crippen LogP contribution in [0.15, 0.2) is 21.7 Å². The molecule has 2 rings (SSSR count). The van der Waals surface area contributed by atoms with Gasteiger partial charge < -0.3 is 10.2 Å². The Morgan fingerprint density at radius 2 is 2.18 bits per heavy atom. The van der Waals surface area contributed by atoms with Crippen molar-refractivity contribution >= 4 is 28.4 Å². The number of halogens is 3. The van der Waals surface area contributed by atoms with Crippen LogP contribution in [0.5, 0.6) is 0 Å². The second-order valence-corrected chi connectivity index (χ2v) is 4.69. The third-order valence-corrected chi connectivity index (χ3v) is 3.24. The van der Waals surface area contributed by atoms with Gasteiger partial charge in [0.15, 0.2) is 0 Å². The molecule has 0 unspecified atom stereocenters. The highest BCUT2D eigenvalue weighted by Gasteiger charge is 2.34. The summed E-state index contributed by atoms with van der Waals surface area (Å²) < 4.78 is 45.2. The molecule has 2 N–H and O–H groups in total. The Morgan fingerprint density at radius 3 is 2.71 bits per heavy atom. The van der Waals surface area contributed by atoms with Crippen LogP contribution >= 0.6 is 23.3 Å². The molecule has 0 bridgehead atoms. The van der Waals surface area contributed by atoms with Crippen LogP contribution in [0.25, 0.3) is 0 Å². The number of anilines is 1. The molecule has 0 radical (unpaired) electrons. The van der Waals surface area contributed by atoms with Crippen molar-refractivity contribution in [1.82, 2.24) is 9.36 Å². The second kappa shape index (κ2) is 4.57. The molecule has 0 aliphatic heterocycles. The third-order valence-electron chi connectivity index (χ3n) is 1.71. The van der Waals surface area contributed by atoms with Gasteiger partial charge in [0, 0.05) is 11.5 Å². The number of furan rings is 1. The number of alkyl halides is 3. The van der Waals surface area contributed by atoms with Crippen molar-refractivity contribution in [3.63, 3.8) is 0 Å². The molecule has 4 nitrogen and oxygen atoms in total. The number of hydrogen-bond donors (Lipinski definition) is 1. The van der Waals surface area contributed by atoms with E-state index in [4.69, 9.17) is 5.73 Å². The van der Waals surface area contributed by atoms with Crippen molar-refractivity contribution in [1.29, 1.82) is 0 Å². The first kappa shape index (κ1) is 12.2. The molecule has 0 saturated heterocycles. The standard InChI is InChI=1S/C8H6F3N3OS2/c9-8(10,11)5-2-1-4(15-5)3-16-7-13-6(12)17-14-7/h1-2H,3H2,(H2,12,13,14). The summed E-state index contributed by atoms with van der Waals surface area (Å²) in [6.45, 7) is 0. The van der Waals surface area contributed by atoms with Crippen LogP contribution in [0.2, 0.25) is 0 Å². The monoisotopic (exact) mass is 281 g/mol. The van der Waals surface area contributed by atoms with Gasteiger partial charge in [-0.2, -0.15) is 22.5 Å². The summed E-state index contributed by atoms with van der Waals surface area (Å²) in [5.74, 6) is -0.554. The molecule has 0 fully saturated rings. The minimum atomic E-state index is -4.45. The van der Waals surface area contributed by atoms with Gasteiger partial charge in [-0.05, 0) is 12.1 Å². The zero-order chi connectivity index (χ0) is 12.5. The quantitative estimate of drug-likeness (QED) is 0.876. The fraction of sp³-hybridized carbons (Fsp3) is 0.250. The normalized spacial score (nSPS) is 11.9. The topological polar surface area (TPSA) is 64.9 Å². The van der Waals surface area contributed by atoms with Crippen molar-refractivity contribution in [2.75, 3.05) is 5.73 Å². The van der Waals surface area contributed by atoms with Crippen molar-refractivity contribution in [2.45, 2.75) is 17.1 Å². The van der Waals surface area contributed by atoms with Gasteiger partial charge in [0.1, 0.15) is 5.76 Å². The summed E-state index contributed by atoms with van der Waals surface area (Å²) in [7, 11) is 0. The van der Waals surface area contributed by atoms with E-state index in [1.54, 1.807) is 0 Å². The van der Waals surface area contributed by atoms with E-state index in [9.17, 15) is 13.2 Å². The van der Waals surface area contributed by atoms with Crippen molar-refractivity contribution in [3.05, 3.63) is 23.7 Å². The number of nitrogens with zero attached hydrogens (tertiary/aromatic N) is 2. The van der Waals surface area contributed by atoms with Crippen LogP contribution in [0.4, 0.5) is 18.3 Å². The summed E-state index contributed by atoms with van der Waals surface area (Å²) >= 11 is 2.20. The van der Waals surface area contributed by atoms with Crippen LogP contribution in [-0.4, -0.2) is 9.36 Å². The lowest BCUT2D eigenvalue weighted by molar-refractivity contribution is -0.153. The number of thioether (sulfide) groups is 1. The molecule has 2 aromatic heterocycles. The zero-order valence-corrected chi connectivity index (χ0v) is 9.83. The summed E-state index contributed by atoms with van der Waals surface area (Å²) in [6.07, 6.45) is -4.45. The Kier molecular flexibility index (Phi) is 3.29. The molecule has 0 atom stereocenters. The summed E-state index contributed by atoms with van der Waals surface area (Å²) in [5.41, 5.74) is 5.37. The molecule has 0 aliphatic carbocycles. The number of nitrogen functional groups attached to an aromatic ring is 1. The first-order valence-electron chi connectivity index (χ1n) is 4.33. The van der Waals surface area contributed by atoms with Crippen LogP contribution < -0.4 is 5.73 Å². The molecule has 0 aromatic carbocycles. The molecule has 92 valence electrons. The molecule has 9 heteroatoms. The fourth-order valence-electron chi connectivity index (χ4n) is 1.02. The smallest absolute Gasteiger partial charge is 0.449 e. The van der Waals surface area contributed by atoms with Crippen molar-refractivity contribution in [2.24, 2.45) is 0 Å².